The van der Waals surface area contributed by atoms with Gasteiger partial charge in [-0.3, -0.25) is 4.99 Å². The van der Waals surface area contributed by atoms with Crippen molar-refractivity contribution < 1.29 is 9.47 Å². The molecule has 2 N–H and O–H groups in total. The minimum absolute atomic E-state index is 0.640. The molecule has 0 aliphatic rings. The van der Waals surface area contributed by atoms with Crippen molar-refractivity contribution in [1.82, 2.24) is 15.5 Å². The maximum absolute atomic E-state index is 5.99. The predicted molar refractivity (Wildman–Crippen MR) is 129 cm³/mol. The highest BCUT2D eigenvalue weighted by atomic mass is 16.5. The number of benzene rings is 2. The zero-order chi connectivity index (χ0) is 22.5. The van der Waals surface area contributed by atoms with E-state index in [4.69, 9.17) is 9.47 Å². The number of nitrogens with zero attached hydrogens (tertiary/aromatic N) is 2. The number of ether oxygens (including phenoxy) is 2. The number of hydrogen-bond donors (Lipinski definition) is 2. The summed E-state index contributed by atoms with van der Waals surface area (Å²) in [6, 6.07) is 15.0. The van der Waals surface area contributed by atoms with Gasteiger partial charge in [-0.25, -0.2) is 0 Å². The molecule has 2 aromatic carbocycles. The van der Waals surface area contributed by atoms with E-state index in [2.05, 4.69) is 83.9 Å². The summed E-state index contributed by atoms with van der Waals surface area (Å²) in [5.74, 6) is 1.67. The number of hydrogen-bond acceptors (Lipinski definition) is 4. The summed E-state index contributed by atoms with van der Waals surface area (Å²) in [6.45, 7) is 8.94. The zero-order valence-electron chi connectivity index (χ0n) is 19.7. The first-order valence-electron chi connectivity index (χ1n) is 11.0. The number of rotatable bonds is 12. The predicted octanol–water partition coefficient (Wildman–Crippen LogP) is 3.73. The molecule has 6 nitrogen and oxygen atoms in total. The van der Waals surface area contributed by atoms with Gasteiger partial charge in [0.1, 0.15) is 5.75 Å². The smallest absolute Gasteiger partial charge is 0.191 e. The Labute approximate surface area is 187 Å². The molecule has 0 saturated heterocycles. The van der Waals surface area contributed by atoms with Gasteiger partial charge in [-0.1, -0.05) is 43.3 Å². The van der Waals surface area contributed by atoms with Gasteiger partial charge in [0.2, 0.25) is 0 Å². The maximum Gasteiger partial charge on any atom is 0.191 e. The first-order chi connectivity index (χ1) is 15.0. The molecule has 0 unspecified atom stereocenters. The number of methoxy groups -OCH3 is 1. The molecule has 0 atom stereocenters. The fourth-order valence-corrected chi connectivity index (χ4v) is 3.17. The van der Waals surface area contributed by atoms with Gasteiger partial charge < -0.3 is 25.0 Å². The molecular formula is C25H38N4O2. The topological polar surface area (TPSA) is 58.1 Å². The summed E-state index contributed by atoms with van der Waals surface area (Å²) in [4.78, 5) is 6.66. The Morgan fingerprint density at radius 3 is 2.55 bits per heavy atom. The van der Waals surface area contributed by atoms with E-state index in [1.807, 2.05) is 0 Å². The van der Waals surface area contributed by atoms with Gasteiger partial charge in [0.25, 0.3) is 0 Å². The lowest BCUT2D eigenvalue weighted by molar-refractivity contribution is 0.171. The van der Waals surface area contributed by atoms with Crippen molar-refractivity contribution >= 4 is 5.96 Å². The van der Waals surface area contributed by atoms with Crippen LogP contribution in [0.2, 0.25) is 0 Å². The molecule has 2 aromatic rings. The van der Waals surface area contributed by atoms with Crippen LogP contribution in [0, 0.1) is 6.92 Å². The fourth-order valence-electron chi connectivity index (χ4n) is 3.17. The van der Waals surface area contributed by atoms with Gasteiger partial charge in [-0.05, 0) is 43.3 Å². The second kappa shape index (κ2) is 13.7. The highest BCUT2D eigenvalue weighted by Crippen LogP contribution is 2.20. The number of aliphatic imine (C=N–C) groups is 1. The van der Waals surface area contributed by atoms with Gasteiger partial charge in [-0.15, -0.1) is 0 Å². The summed E-state index contributed by atoms with van der Waals surface area (Å²) < 4.78 is 11.1. The van der Waals surface area contributed by atoms with E-state index in [9.17, 15) is 0 Å². The lowest BCUT2D eigenvalue weighted by atomic mass is 10.1. The van der Waals surface area contributed by atoms with E-state index < -0.39 is 0 Å². The van der Waals surface area contributed by atoms with Crippen LogP contribution in [0.15, 0.2) is 47.5 Å². The molecule has 0 heterocycles. The van der Waals surface area contributed by atoms with Crippen LogP contribution < -0.4 is 15.4 Å². The van der Waals surface area contributed by atoms with Crippen molar-refractivity contribution in [2.75, 3.05) is 41.0 Å². The van der Waals surface area contributed by atoms with E-state index >= 15 is 0 Å². The van der Waals surface area contributed by atoms with Crippen LogP contribution in [0.5, 0.6) is 5.75 Å². The molecule has 0 radical (unpaired) electrons. The maximum atomic E-state index is 5.99. The van der Waals surface area contributed by atoms with Crippen LogP contribution in [0.1, 0.15) is 35.6 Å². The van der Waals surface area contributed by atoms with E-state index in [1.165, 1.54) is 16.7 Å². The summed E-state index contributed by atoms with van der Waals surface area (Å²) >= 11 is 0. The first-order valence-corrected chi connectivity index (χ1v) is 11.0. The molecule has 170 valence electrons. The average molecular weight is 427 g/mol. The number of guanidine groups is 1. The van der Waals surface area contributed by atoms with Crippen LogP contribution in [-0.4, -0.2) is 51.8 Å². The van der Waals surface area contributed by atoms with Crippen molar-refractivity contribution in [2.45, 2.75) is 39.9 Å². The molecule has 0 amide bonds. The molecule has 6 heteroatoms. The van der Waals surface area contributed by atoms with Crippen LogP contribution in [0.4, 0.5) is 0 Å². The van der Waals surface area contributed by atoms with Crippen molar-refractivity contribution in [1.29, 1.82) is 0 Å². The largest absolute Gasteiger partial charge is 0.493 e. The SMILES string of the molecule is CCN(C)Cc1cccc(CNC(=NC)NCc2ccc(C)cc2OCCCOC)c1. The molecule has 0 aromatic heterocycles. The van der Waals surface area contributed by atoms with Gasteiger partial charge in [-0.2, -0.15) is 0 Å². The van der Waals surface area contributed by atoms with Crippen molar-refractivity contribution in [2.24, 2.45) is 4.99 Å². The van der Waals surface area contributed by atoms with Crippen LogP contribution in [0.3, 0.4) is 0 Å². The Morgan fingerprint density at radius 1 is 1.03 bits per heavy atom. The minimum atomic E-state index is 0.640. The standard InChI is InChI=1S/C25H38N4O2/c1-6-29(4)19-22-10-7-9-21(16-22)17-27-25(26-3)28-18-23-12-11-20(2)15-24(23)31-14-8-13-30-5/h7,9-12,15-16H,6,8,13-14,17-19H2,1-5H3,(H2,26,27,28). The Hall–Kier alpha value is -2.57. The molecule has 31 heavy (non-hydrogen) atoms. The Morgan fingerprint density at radius 2 is 1.81 bits per heavy atom. The third-order valence-electron chi connectivity index (χ3n) is 5.09. The summed E-state index contributed by atoms with van der Waals surface area (Å²) in [5, 5.41) is 6.81. The van der Waals surface area contributed by atoms with E-state index in [0.29, 0.717) is 19.8 Å². The van der Waals surface area contributed by atoms with Gasteiger partial charge in [0, 0.05) is 52.4 Å². The summed E-state index contributed by atoms with van der Waals surface area (Å²) in [7, 11) is 5.64. The molecule has 0 aliphatic carbocycles. The van der Waals surface area contributed by atoms with Crippen LogP contribution >= 0.6 is 0 Å². The Kier molecular flexibility index (Phi) is 10.9. The fraction of sp³-hybridized carbons (Fsp3) is 0.480. The van der Waals surface area contributed by atoms with Crippen molar-refractivity contribution in [3.63, 3.8) is 0 Å². The summed E-state index contributed by atoms with van der Waals surface area (Å²) in [6.07, 6.45) is 0.869. The highest BCUT2D eigenvalue weighted by Gasteiger charge is 2.07. The zero-order valence-corrected chi connectivity index (χ0v) is 19.7. The molecule has 0 aliphatic heterocycles. The third-order valence-corrected chi connectivity index (χ3v) is 5.09. The second-order valence-corrected chi connectivity index (χ2v) is 7.74. The van der Waals surface area contributed by atoms with Gasteiger partial charge in [0.05, 0.1) is 6.61 Å². The quantitative estimate of drug-likeness (QED) is 0.308. The van der Waals surface area contributed by atoms with Gasteiger partial charge in [0.15, 0.2) is 5.96 Å². The van der Waals surface area contributed by atoms with Crippen LogP contribution in [0.25, 0.3) is 0 Å². The average Bonchev–Trinajstić information content (AvgIpc) is 2.78. The third kappa shape index (κ3) is 8.99. The molecule has 0 fully saturated rings. The molecule has 0 bridgehead atoms. The minimum Gasteiger partial charge on any atom is -0.493 e. The first kappa shape index (κ1) is 24.7. The number of aryl methyl sites for hydroxylation is 1. The highest BCUT2D eigenvalue weighted by molar-refractivity contribution is 5.79. The molecule has 0 spiro atoms. The monoisotopic (exact) mass is 426 g/mol. The lowest BCUT2D eigenvalue weighted by Crippen LogP contribution is -2.36. The Bertz CT molecular complexity index is 823. The van der Waals surface area contributed by atoms with E-state index in [0.717, 1.165) is 43.3 Å². The Balaban J connectivity index is 1.91. The van der Waals surface area contributed by atoms with Crippen molar-refractivity contribution in [3.8, 4) is 5.75 Å². The van der Waals surface area contributed by atoms with E-state index in [1.54, 1.807) is 14.2 Å². The second-order valence-electron chi connectivity index (χ2n) is 7.74. The number of nitrogens with one attached hydrogen (secondary N) is 2. The summed E-state index contributed by atoms with van der Waals surface area (Å²) in [5.41, 5.74) is 4.85. The molecular weight excluding hydrogens is 388 g/mol. The van der Waals surface area contributed by atoms with Crippen molar-refractivity contribution in [3.05, 3.63) is 64.7 Å². The van der Waals surface area contributed by atoms with Gasteiger partial charge >= 0.3 is 0 Å². The van der Waals surface area contributed by atoms with E-state index in [-0.39, 0.29) is 0 Å². The normalized spacial score (nSPS) is 11.6. The molecule has 2 rings (SSSR count). The lowest BCUT2D eigenvalue weighted by Gasteiger charge is -2.16. The molecule has 0 saturated carbocycles. The van der Waals surface area contributed by atoms with Crippen LogP contribution in [-0.2, 0) is 24.4 Å².